The van der Waals surface area contributed by atoms with Gasteiger partial charge in [-0.3, -0.25) is 5.41 Å². The van der Waals surface area contributed by atoms with E-state index in [0.717, 1.165) is 19.5 Å². The highest BCUT2D eigenvalue weighted by Crippen LogP contribution is 2.07. The maximum Gasteiger partial charge on any atom is 0.0947 e. The molecular formula is C11H19N3S. The van der Waals surface area contributed by atoms with Crippen LogP contribution in [0.15, 0.2) is 16.8 Å². The molecule has 1 heterocycles. The molecule has 0 amide bonds. The van der Waals surface area contributed by atoms with Crippen LogP contribution in [0.25, 0.3) is 0 Å². The van der Waals surface area contributed by atoms with E-state index in [4.69, 9.17) is 11.1 Å². The standard InChI is InChI=1S/C11H19N3S/c1-9(11(12)13)7-14(2)5-3-10-4-6-15-8-10/h4,6,8-9H,3,5,7H2,1-2H3,(H3,12,13). The molecule has 1 aromatic heterocycles. The van der Waals surface area contributed by atoms with Crippen LogP contribution in [-0.2, 0) is 6.42 Å². The molecule has 0 saturated carbocycles. The van der Waals surface area contributed by atoms with E-state index >= 15 is 0 Å². The summed E-state index contributed by atoms with van der Waals surface area (Å²) < 4.78 is 0. The van der Waals surface area contributed by atoms with Crippen LogP contribution in [0.5, 0.6) is 0 Å². The van der Waals surface area contributed by atoms with Crippen molar-refractivity contribution in [1.82, 2.24) is 4.90 Å². The van der Waals surface area contributed by atoms with Gasteiger partial charge in [-0.05, 0) is 35.9 Å². The number of hydrogen-bond acceptors (Lipinski definition) is 3. The Labute approximate surface area is 95.4 Å². The van der Waals surface area contributed by atoms with Gasteiger partial charge < -0.3 is 10.6 Å². The van der Waals surface area contributed by atoms with Gasteiger partial charge in [-0.25, -0.2) is 0 Å². The number of nitrogens with zero attached hydrogens (tertiary/aromatic N) is 1. The first-order valence-electron chi connectivity index (χ1n) is 5.13. The summed E-state index contributed by atoms with van der Waals surface area (Å²) in [4.78, 5) is 2.23. The molecule has 0 saturated heterocycles. The fourth-order valence-corrected chi connectivity index (χ4v) is 2.12. The molecule has 0 radical (unpaired) electrons. The smallest absolute Gasteiger partial charge is 0.0947 e. The molecule has 0 aromatic carbocycles. The second-order valence-corrected chi connectivity index (χ2v) is 4.78. The molecule has 0 aliphatic rings. The molecule has 1 rings (SSSR count). The summed E-state index contributed by atoms with van der Waals surface area (Å²) in [6.45, 7) is 3.87. The zero-order valence-electron chi connectivity index (χ0n) is 9.36. The largest absolute Gasteiger partial charge is 0.387 e. The lowest BCUT2D eigenvalue weighted by molar-refractivity contribution is 0.317. The molecule has 84 valence electrons. The number of nitrogens with one attached hydrogen (secondary N) is 1. The summed E-state index contributed by atoms with van der Waals surface area (Å²) in [6, 6.07) is 2.16. The second kappa shape index (κ2) is 5.88. The minimum Gasteiger partial charge on any atom is -0.387 e. The Hall–Kier alpha value is -0.870. The van der Waals surface area contributed by atoms with Crippen molar-refractivity contribution in [2.45, 2.75) is 13.3 Å². The first-order chi connectivity index (χ1) is 7.09. The van der Waals surface area contributed by atoms with Crippen LogP contribution in [0.3, 0.4) is 0 Å². The van der Waals surface area contributed by atoms with Crippen LogP contribution >= 0.6 is 11.3 Å². The van der Waals surface area contributed by atoms with Crippen molar-refractivity contribution >= 4 is 17.2 Å². The summed E-state index contributed by atoms with van der Waals surface area (Å²) in [5.41, 5.74) is 6.82. The zero-order valence-corrected chi connectivity index (χ0v) is 10.2. The highest BCUT2D eigenvalue weighted by Gasteiger charge is 2.08. The van der Waals surface area contributed by atoms with Gasteiger partial charge in [0.2, 0.25) is 0 Å². The Kier molecular flexibility index (Phi) is 4.78. The number of nitrogens with two attached hydrogens (primary N) is 1. The van der Waals surface area contributed by atoms with Crippen LogP contribution in [-0.4, -0.2) is 30.9 Å². The molecule has 0 aliphatic heterocycles. The number of hydrogen-bond donors (Lipinski definition) is 2. The maximum absolute atomic E-state index is 7.32. The third-order valence-electron chi connectivity index (χ3n) is 2.48. The van der Waals surface area contributed by atoms with Gasteiger partial charge in [0.15, 0.2) is 0 Å². The van der Waals surface area contributed by atoms with Gasteiger partial charge in [-0.2, -0.15) is 11.3 Å². The fraction of sp³-hybridized carbons (Fsp3) is 0.545. The Morgan fingerprint density at radius 2 is 2.40 bits per heavy atom. The quantitative estimate of drug-likeness (QED) is 0.573. The molecule has 3 N–H and O–H groups in total. The molecule has 1 aromatic rings. The lowest BCUT2D eigenvalue weighted by Crippen LogP contribution is -2.33. The predicted molar refractivity (Wildman–Crippen MR) is 66.6 cm³/mol. The average molecular weight is 225 g/mol. The topological polar surface area (TPSA) is 53.1 Å². The summed E-state index contributed by atoms with van der Waals surface area (Å²) in [6.07, 6.45) is 1.07. The van der Waals surface area contributed by atoms with Gasteiger partial charge in [0.1, 0.15) is 0 Å². The van der Waals surface area contributed by atoms with Crippen molar-refractivity contribution in [1.29, 1.82) is 5.41 Å². The van der Waals surface area contributed by atoms with E-state index in [1.165, 1.54) is 5.56 Å². The molecule has 0 fully saturated rings. The predicted octanol–water partition coefficient (Wildman–Crippen LogP) is 1.79. The van der Waals surface area contributed by atoms with E-state index < -0.39 is 0 Å². The minimum atomic E-state index is 0.150. The fourth-order valence-electron chi connectivity index (χ4n) is 1.41. The normalized spacial score (nSPS) is 13.0. The lowest BCUT2D eigenvalue weighted by atomic mass is 10.1. The molecule has 0 bridgehead atoms. The number of rotatable bonds is 6. The Morgan fingerprint density at radius 1 is 1.67 bits per heavy atom. The molecular weight excluding hydrogens is 206 g/mol. The monoisotopic (exact) mass is 225 g/mol. The van der Waals surface area contributed by atoms with Gasteiger partial charge in [0.05, 0.1) is 5.84 Å². The summed E-state index contributed by atoms with van der Waals surface area (Å²) in [5.74, 6) is 0.426. The van der Waals surface area contributed by atoms with Crippen molar-refractivity contribution in [3.8, 4) is 0 Å². The molecule has 3 nitrogen and oxygen atoms in total. The lowest BCUT2D eigenvalue weighted by Gasteiger charge is -2.20. The van der Waals surface area contributed by atoms with Crippen LogP contribution in [0, 0.1) is 11.3 Å². The summed E-state index contributed by atoms with van der Waals surface area (Å²) >= 11 is 1.74. The number of amidine groups is 1. The van der Waals surface area contributed by atoms with E-state index in [9.17, 15) is 0 Å². The molecule has 0 spiro atoms. The summed E-state index contributed by atoms with van der Waals surface area (Å²) in [7, 11) is 2.08. The van der Waals surface area contributed by atoms with E-state index in [0.29, 0.717) is 0 Å². The van der Waals surface area contributed by atoms with Crippen molar-refractivity contribution < 1.29 is 0 Å². The van der Waals surface area contributed by atoms with Gasteiger partial charge in [-0.15, -0.1) is 0 Å². The van der Waals surface area contributed by atoms with Gasteiger partial charge in [-0.1, -0.05) is 6.92 Å². The molecule has 1 unspecified atom stereocenters. The molecule has 4 heteroatoms. The van der Waals surface area contributed by atoms with E-state index in [-0.39, 0.29) is 11.8 Å². The zero-order chi connectivity index (χ0) is 11.3. The van der Waals surface area contributed by atoms with Crippen LogP contribution in [0.1, 0.15) is 12.5 Å². The first kappa shape index (κ1) is 12.2. The average Bonchev–Trinajstić information content (AvgIpc) is 2.66. The highest BCUT2D eigenvalue weighted by molar-refractivity contribution is 7.07. The third-order valence-corrected chi connectivity index (χ3v) is 3.21. The highest BCUT2D eigenvalue weighted by atomic mass is 32.1. The minimum absolute atomic E-state index is 0.150. The van der Waals surface area contributed by atoms with Crippen LogP contribution in [0.4, 0.5) is 0 Å². The first-order valence-corrected chi connectivity index (χ1v) is 6.07. The number of likely N-dealkylation sites (N-methyl/N-ethyl adjacent to an activating group) is 1. The van der Waals surface area contributed by atoms with Crippen LogP contribution < -0.4 is 5.73 Å². The third kappa shape index (κ3) is 4.44. The Balaban J connectivity index is 2.24. The molecule has 15 heavy (non-hydrogen) atoms. The Morgan fingerprint density at radius 3 is 2.93 bits per heavy atom. The molecule has 1 atom stereocenters. The van der Waals surface area contributed by atoms with Gasteiger partial charge in [0.25, 0.3) is 0 Å². The van der Waals surface area contributed by atoms with Crippen molar-refractivity contribution in [3.63, 3.8) is 0 Å². The molecule has 0 aliphatic carbocycles. The van der Waals surface area contributed by atoms with Gasteiger partial charge >= 0.3 is 0 Å². The SMILES string of the molecule is CC(CN(C)CCc1ccsc1)C(=N)N. The van der Waals surface area contributed by atoms with Crippen molar-refractivity contribution in [2.24, 2.45) is 11.7 Å². The number of thiophene rings is 1. The maximum atomic E-state index is 7.32. The van der Waals surface area contributed by atoms with Crippen LogP contribution in [0.2, 0.25) is 0 Å². The Bertz CT molecular complexity index is 295. The van der Waals surface area contributed by atoms with E-state index in [1.807, 2.05) is 6.92 Å². The van der Waals surface area contributed by atoms with Crippen molar-refractivity contribution in [3.05, 3.63) is 22.4 Å². The van der Waals surface area contributed by atoms with E-state index in [2.05, 4.69) is 28.8 Å². The second-order valence-electron chi connectivity index (χ2n) is 4.00. The van der Waals surface area contributed by atoms with Gasteiger partial charge in [0, 0.05) is 19.0 Å². The summed E-state index contributed by atoms with van der Waals surface area (Å²) in [5, 5.41) is 11.6. The van der Waals surface area contributed by atoms with E-state index in [1.54, 1.807) is 11.3 Å². The van der Waals surface area contributed by atoms with Crippen molar-refractivity contribution in [2.75, 3.05) is 20.1 Å².